The normalized spacial score (nSPS) is 18.2. The third-order valence-electron chi connectivity index (χ3n) is 4.39. The van der Waals surface area contributed by atoms with E-state index >= 15 is 0 Å². The second kappa shape index (κ2) is 8.15. The van der Waals surface area contributed by atoms with Crippen molar-refractivity contribution in [2.45, 2.75) is 31.8 Å². The van der Waals surface area contributed by atoms with Crippen LogP contribution in [0.25, 0.3) is 0 Å². The van der Waals surface area contributed by atoms with E-state index in [4.69, 9.17) is 9.84 Å². The van der Waals surface area contributed by atoms with Gasteiger partial charge < -0.3 is 14.7 Å². The van der Waals surface area contributed by atoms with E-state index in [-0.39, 0.29) is 30.2 Å². The van der Waals surface area contributed by atoms with Crippen LogP contribution in [0.2, 0.25) is 0 Å². The standard InChI is InChI=1S/C17H24N2O6S/c1-4-19(5-2)26(23,24)15-10-13(7-6-12(15)3)16(20)18-8-9-25-14(11-18)17(21)22/h6-7,10,14H,4-5,8-9,11H2,1-3H3,(H,21,22). The van der Waals surface area contributed by atoms with Crippen LogP contribution in [0.3, 0.4) is 0 Å². The van der Waals surface area contributed by atoms with Crippen molar-refractivity contribution in [3.8, 4) is 0 Å². The van der Waals surface area contributed by atoms with Crippen molar-refractivity contribution in [3.05, 3.63) is 29.3 Å². The molecule has 9 heteroatoms. The average Bonchev–Trinajstić information content (AvgIpc) is 2.62. The quantitative estimate of drug-likeness (QED) is 0.783. The summed E-state index contributed by atoms with van der Waals surface area (Å²) in [6.45, 7) is 6.17. The number of carboxylic acid groups (broad SMARTS) is 1. The first-order chi connectivity index (χ1) is 12.2. The molecule has 0 radical (unpaired) electrons. The molecule has 1 saturated heterocycles. The number of aliphatic carboxylic acids is 1. The Kier molecular flexibility index (Phi) is 6.38. The summed E-state index contributed by atoms with van der Waals surface area (Å²) in [7, 11) is -3.70. The minimum atomic E-state index is -3.70. The van der Waals surface area contributed by atoms with Crippen LogP contribution in [0.1, 0.15) is 29.8 Å². The smallest absolute Gasteiger partial charge is 0.334 e. The highest BCUT2D eigenvalue weighted by atomic mass is 32.2. The van der Waals surface area contributed by atoms with Crippen LogP contribution in [-0.2, 0) is 19.6 Å². The third-order valence-corrected chi connectivity index (χ3v) is 6.58. The number of amides is 1. The molecule has 1 aliphatic rings. The van der Waals surface area contributed by atoms with Gasteiger partial charge in [-0.2, -0.15) is 4.31 Å². The molecule has 1 aromatic rings. The number of ether oxygens (including phenoxy) is 1. The number of benzene rings is 1. The Hall–Kier alpha value is -1.97. The first kappa shape index (κ1) is 20.3. The van der Waals surface area contributed by atoms with Crippen LogP contribution in [0.5, 0.6) is 0 Å². The number of carbonyl (C=O) groups excluding carboxylic acids is 1. The lowest BCUT2D eigenvalue weighted by Gasteiger charge is -2.31. The van der Waals surface area contributed by atoms with E-state index in [9.17, 15) is 18.0 Å². The highest BCUT2D eigenvalue weighted by Gasteiger charge is 2.31. The summed E-state index contributed by atoms with van der Waals surface area (Å²) < 4.78 is 32.1. The molecule has 2 rings (SSSR count). The predicted octanol–water partition coefficient (Wildman–Crippen LogP) is 0.951. The van der Waals surface area contributed by atoms with E-state index in [1.807, 2.05) is 0 Å². The molecule has 1 aliphatic heterocycles. The summed E-state index contributed by atoms with van der Waals surface area (Å²) in [5.41, 5.74) is 0.770. The number of nitrogens with zero attached hydrogens (tertiary/aromatic N) is 2. The Bertz CT molecular complexity index is 788. The van der Waals surface area contributed by atoms with E-state index < -0.39 is 28.0 Å². The summed E-state index contributed by atoms with van der Waals surface area (Å²) in [6.07, 6.45) is -1.07. The number of carboxylic acids is 1. The lowest BCUT2D eigenvalue weighted by atomic mass is 10.1. The van der Waals surface area contributed by atoms with Crippen molar-refractivity contribution >= 4 is 21.9 Å². The molecule has 1 N–H and O–H groups in total. The van der Waals surface area contributed by atoms with Crippen LogP contribution >= 0.6 is 0 Å². The van der Waals surface area contributed by atoms with Crippen LogP contribution < -0.4 is 0 Å². The second-order valence-corrected chi connectivity index (χ2v) is 7.92. The lowest BCUT2D eigenvalue weighted by Crippen LogP contribution is -2.48. The molecule has 0 spiro atoms. The van der Waals surface area contributed by atoms with E-state index in [2.05, 4.69) is 0 Å². The summed E-state index contributed by atoms with van der Waals surface area (Å²) >= 11 is 0. The van der Waals surface area contributed by atoms with Crippen molar-refractivity contribution in [1.82, 2.24) is 9.21 Å². The van der Waals surface area contributed by atoms with E-state index in [1.165, 1.54) is 15.3 Å². The predicted molar refractivity (Wildman–Crippen MR) is 94.6 cm³/mol. The Labute approximate surface area is 153 Å². The Morgan fingerprint density at radius 3 is 2.54 bits per heavy atom. The molecular weight excluding hydrogens is 360 g/mol. The maximum Gasteiger partial charge on any atom is 0.334 e. The number of sulfonamides is 1. The molecule has 0 bridgehead atoms. The second-order valence-electron chi connectivity index (χ2n) is 6.02. The summed E-state index contributed by atoms with van der Waals surface area (Å²) in [4.78, 5) is 25.3. The highest BCUT2D eigenvalue weighted by Crippen LogP contribution is 2.22. The van der Waals surface area contributed by atoms with Crippen LogP contribution in [0, 0.1) is 6.92 Å². The summed E-state index contributed by atoms with van der Waals surface area (Å²) in [6, 6.07) is 4.53. The Morgan fingerprint density at radius 1 is 1.31 bits per heavy atom. The van der Waals surface area contributed by atoms with Crippen molar-refractivity contribution in [1.29, 1.82) is 0 Å². The molecule has 0 aliphatic carbocycles. The third kappa shape index (κ3) is 4.05. The Balaban J connectivity index is 2.34. The van der Waals surface area contributed by atoms with Crippen molar-refractivity contribution in [2.75, 3.05) is 32.8 Å². The molecule has 144 valence electrons. The maximum atomic E-state index is 12.8. The van der Waals surface area contributed by atoms with Crippen molar-refractivity contribution in [2.24, 2.45) is 0 Å². The monoisotopic (exact) mass is 384 g/mol. The number of hydrogen-bond donors (Lipinski definition) is 1. The largest absolute Gasteiger partial charge is 0.479 e. The number of rotatable bonds is 6. The molecule has 1 aromatic carbocycles. The number of carbonyl (C=O) groups is 2. The zero-order valence-corrected chi connectivity index (χ0v) is 16.0. The van der Waals surface area contributed by atoms with E-state index in [1.54, 1.807) is 32.9 Å². The fraction of sp³-hybridized carbons (Fsp3) is 0.529. The fourth-order valence-electron chi connectivity index (χ4n) is 2.88. The Morgan fingerprint density at radius 2 is 1.96 bits per heavy atom. The number of morpholine rings is 1. The minimum Gasteiger partial charge on any atom is -0.479 e. The van der Waals surface area contributed by atoms with Gasteiger partial charge in [0.15, 0.2) is 6.10 Å². The van der Waals surface area contributed by atoms with E-state index in [0.29, 0.717) is 18.7 Å². The van der Waals surface area contributed by atoms with Crippen LogP contribution in [-0.4, -0.2) is 73.5 Å². The molecule has 8 nitrogen and oxygen atoms in total. The van der Waals surface area contributed by atoms with Gasteiger partial charge in [0.05, 0.1) is 18.0 Å². The van der Waals surface area contributed by atoms with Gasteiger partial charge in [0.1, 0.15) is 0 Å². The minimum absolute atomic E-state index is 0.0693. The molecule has 1 amide bonds. The van der Waals surface area contributed by atoms with Crippen molar-refractivity contribution in [3.63, 3.8) is 0 Å². The van der Waals surface area contributed by atoms with Crippen LogP contribution in [0.4, 0.5) is 0 Å². The van der Waals surface area contributed by atoms with Gasteiger partial charge in [-0.15, -0.1) is 0 Å². The molecule has 1 unspecified atom stereocenters. The maximum absolute atomic E-state index is 12.8. The van der Waals surface area contributed by atoms with Crippen molar-refractivity contribution < 1.29 is 27.9 Å². The molecular formula is C17H24N2O6S. The molecule has 1 atom stereocenters. The number of aryl methyl sites for hydroxylation is 1. The average molecular weight is 384 g/mol. The first-order valence-electron chi connectivity index (χ1n) is 8.46. The van der Waals surface area contributed by atoms with Crippen LogP contribution in [0.15, 0.2) is 23.1 Å². The highest BCUT2D eigenvalue weighted by molar-refractivity contribution is 7.89. The van der Waals surface area contributed by atoms with Gasteiger partial charge in [-0.05, 0) is 24.6 Å². The molecule has 26 heavy (non-hydrogen) atoms. The zero-order valence-electron chi connectivity index (χ0n) is 15.1. The lowest BCUT2D eigenvalue weighted by molar-refractivity contribution is -0.154. The molecule has 1 heterocycles. The summed E-state index contributed by atoms with van der Waals surface area (Å²) in [5.74, 6) is -1.54. The molecule has 1 fully saturated rings. The van der Waals surface area contributed by atoms with Gasteiger partial charge in [-0.25, -0.2) is 13.2 Å². The van der Waals surface area contributed by atoms with Gasteiger partial charge in [0.25, 0.3) is 5.91 Å². The van der Waals surface area contributed by atoms with Gasteiger partial charge in [0.2, 0.25) is 10.0 Å². The van der Waals surface area contributed by atoms with Gasteiger partial charge >= 0.3 is 5.97 Å². The van der Waals surface area contributed by atoms with Gasteiger partial charge in [0, 0.05) is 25.2 Å². The zero-order chi connectivity index (χ0) is 19.5. The molecule has 0 aromatic heterocycles. The van der Waals surface area contributed by atoms with Gasteiger partial charge in [-0.1, -0.05) is 19.9 Å². The SMILES string of the molecule is CCN(CC)S(=O)(=O)c1cc(C(=O)N2CCOC(C(=O)O)C2)ccc1C. The fourth-order valence-corrected chi connectivity index (χ4v) is 4.59. The number of hydrogen-bond acceptors (Lipinski definition) is 5. The topological polar surface area (TPSA) is 104 Å². The van der Waals surface area contributed by atoms with E-state index in [0.717, 1.165) is 0 Å². The first-order valence-corrected chi connectivity index (χ1v) is 9.90. The summed E-state index contributed by atoms with van der Waals surface area (Å²) in [5, 5.41) is 9.06. The van der Waals surface area contributed by atoms with Gasteiger partial charge in [-0.3, -0.25) is 4.79 Å². The molecule has 0 saturated carbocycles.